The minimum Gasteiger partial charge on any atom is -0.350 e. The van der Waals surface area contributed by atoms with Crippen molar-refractivity contribution in [1.82, 2.24) is 5.32 Å². The van der Waals surface area contributed by atoms with E-state index in [1.54, 1.807) is 0 Å². The minimum atomic E-state index is 0.0602. The largest absolute Gasteiger partial charge is 0.350 e. The molecule has 3 rings (SSSR count). The Labute approximate surface area is 126 Å². The van der Waals surface area contributed by atoms with E-state index in [1.165, 1.54) is 42.0 Å². The van der Waals surface area contributed by atoms with Crippen LogP contribution in [0.3, 0.4) is 0 Å². The second kappa shape index (κ2) is 6.30. The molecule has 0 aliphatic heterocycles. The maximum Gasteiger partial charge on any atom is 0.220 e. The summed E-state index contributed by atoms with van der Waals surface area (Å²) in [5.41, 5.74) is 1.20. The highest BCUT2D eigenvalue weighted by molar-refractivity contribution is 5.86. The molecule has 2 aromatic rings. The molecule has 1 fully saturated rings. The van der Waals surface area contributed by atoms with Crippen LogP contribution in [0.1, 0.15) is 50.6 Å². The lowest BCUT2D eigenvalue weighted by atomic mass is 9.99. The van der Waals surface area contributed by atoms with Gasteiger partial charge in [0.05, 0.1) is 6.04 Å². The van der Waals surface area contributed by atoms with Gasteiger partial charge in [-0.2, -0.15) is 0 Å². The number of benzene rings is 2. The maximum absolute atomic E-state index is 12.2. The number of carbonyl (C=O) groups is 1. The smallest absolute Gasteiger partial charge is 0.220 e. The van der Waals surface area contributed by atoms with E-state index in [1.807, 2.05) is 0 Å². The van der Waals surface area contributed by atoms with Crippen LogP contribution in [0.2, 0.25) is 0 Å². The quantitative estimate of drug-likeness (QED) is 0.872. The Bertz CT molecular complexity index is 623. The zero-order valence-electron chi connectivity index (χ0n) is 12.6. The van der Waals surface area contributed by atoms with Crippen LogP contribution < -0.4 is 5.32 Å². The number of rotatable bonds is 4. The van der Waals surface area contributed by atoms with Gasteiger partial charge in [-0.05, 0) is 42.0 Å². The van der Waals surface area contributed by atoms with Crippen LogP contribution in [0, 0.1) is 5.92 Å². The molecule has 0 bridgehead atoms. The van der Waals surface area contributed by atoms with Gasteiger partial charge < -0.3 is 5.32 Å². The third-order valence-corrected chi connectivity index (χ3v) is 4.62. The van der Waals surface area contributed by atoms with Crippen molar-refractivity contribution < 1.29 is 4.79 Å². The zero-order chi connectivity index (χ0) is 14.7. The summed E-state index contributed by atoms with van der Waals surface area (Å²) >= 11 is 0. The molecule has 1 amide bonds. The summed E-state index contributed by atoms with van der Waals surface area (Å²) in [6.07, 6.45) is 5.70. The van der Waals surface area contributed by atoms with Gasteiger partial charge in [-0.3, -0.25) is 4.79 Å². The van der Waals surface area contributed by atoms with E-state index in [0.29, 0.717) is 12.3 Å². The lowest BCUT2D eigenvalue weighted by molar-refractivity contribution is -0.122. The molecule has 0 heterocycles. The predicted molar refractivity (Wildman–Crippen MR) is 87.1 cm³/mol. The SMILES string of the molecule is CC(NC(=O)CC1CCCC1)c1cccc2ccccc12. The number of nitrogens with one attached hydrogen (secondary N) is 1. The first-order chi connectivity index (χ1) is 10.2. The summed E-state index contributed by atoms with van der Waals surface area (Å²) in [6, 6.07) is 14.7. The lowest BCUT2D eigenvalue weighted by Gasteiger charge is -2.18. The van der Waals surface area contributed by atoms with Gasteiger partial charge >= 0.3 is 0 Å². The summed E-state index contributed by atoms with van der Waals surface area (Å²) in [4.78, 5) is 12.2. The second-order valence-corrected chi connectivity index (χ2v) is 6.21. The number of carbonyl (C=O) groups excluding carboxylic acids is 1. The molecular formula is C19H23NO. The number of hydrogen-bond donors (Lipinski definition) is 1. The van der Waals surface area contributed by atoms with Crippen LogP contribution in [-0.2, 0) is 4.79 Å². The highest BCUT2D eigenvalue weighted by Gasteiger charge is 2.20. The Morgan fingerprint density at radius 3 is 2.67 bits per heavy atom. The third kappa shape index (κ3) is 3.26. The second-order valence-electron chi connectivity index (χ2n) is 6.21. The summed E-state index contributed by atoms with van der Waals surface area (Å²) < 4.78 is 0. The fourth-order valence-electron chi connectivity index (χ4n) is 3.48. The molecule has 1 N–H and O–H groups in total. The molecule has 0 saturated heterocycles. The minimum absolute atomic E-state index is 0.0602. The Hall–Kier alpha value is -1.83. The first-order valence-corrected chi connectivity index (χ1v) is 8.01. The van der Waals surface area contributed by atoms with E-state index in [9.17, 15) is 4.79 Å². The fraction of sp³-hybridized carbons (Fsp3) is 0.421. The van der Waals surface area contributed by atoms with Gasteiger partial charge in [-0.25, -0.2) is 0 Å². The first-order valence-electron chi connectivity index (χ1n) is 8.01. The summed E-state index contributed by atoms with van der Waals surface area (Å²) in [7, 11) is 0. The Balaban J connectivity index is 1.71. The topological polar surface area (TPSA) is 29.1 Å². The van der Waals surface area contributed by atoms with E-state index in [4.69, 9.17) is 0 Å². The predicted octanol–water partition coefficient (Wildman–Crippen LogP) is 4.60. The van der Waals surface area contributed by atoms with Crippen molar-refractivity contribution in [2.24, 2.45) is 5.92 Å². The molecule has 2 nitrogen and oxygen atoms in total. The van der Waals surface area contributed by atoms with Gasteiger partial charge in [0.2, 0.25) is 5.91 Å². The highest BCUT2D eigenvalue weighted by Crippen LogP contribution is 2.28. The summed E-state index contributed by atoms with van der Waals surface area (Å²) in [5.74, 6) is 0.798. The fourth-order valence-corrected chi connectivity index (χ4v) is 3.48. The molecule has 110 valence electrons. The molecule has 1 aliphatic carbocycles. The number of fused-ring (bicyclic) bond motifs is 1. The van der Waals surface area contributed by atoms with Crippen molar-refractivity contribution in [2.45, 2.75) is 45.1 Å². The van der Waals surface area contributed by atoms with Crippen LogP contribution in [0.25, 0.3) is 10.8 Å². The standard InChI is InChI=1S/C19H23NO/c1-14(20-19(21)13-15-7-2-3-8-15)17-12-6-10-16-9-4-5-11-18(16)17/h4-6,9-12,14-15H,2-3,7-8,13H2,1H3,(H,20,21). The van der Waals surface area contributed by atoms with Crippen LogP contribution in [0.15, 0.2) is 42.5 Å². The summed E-state index contributed by atoms with van der Waals surface area (Å²) in [6.45, 7) is 2.08. The van der Waals surface area contributed by atoms with Gasteiger partial charge in [0.15, 0.2) is 0 Å². The maximum atomic E-state index is 12.2. The molecule has 1 atom stereocenters. The van der Waals surface area contributed by atoms with Crippen LogP contribution >= 0.6 is 0 Å². The zero-order valence-corrected chi connectivity index (χ0v) is 12.6. The molecule has 1 aliphatic rings. The van der Waals surface area contributed by atoms with Gasteiger partial charge in [0.25, 0.3) is 0 Å². The van der Waals surface area contributed by atoms with Crippen LogP contribution in [0.4, 0.5) is 0 Å². The molecule has 0 radical (unpaired) electrons. The van der Waals surface area contributed by atoms with Crippen molar-refractivity contribution in [3.8, 4) is 0 Å². The van der Waals surface area contributed by atoms with Crippen LogP contribution in [0.5, 0.6) is 0 Å². The van der Waals surface area contributed by atoms with Gasteiger partial charge in [0.1, 0.15) is 0 Å². The van der Waals surface area contributed by atoms with Crippen molar-refractivity contribution in [3.63, 3.8) is 0 Å². The monoisotopic (exact) mass is 281 g/mol. The Morgan fingerprint density at radius 2 is 1.86 bits per heavy atom. The molecule has 2 aromatic carbocycles. The summed E-state index contributed by atoms with van der Waals surface area (Å²) in [5, 5.41) is 5.64. The van der Waals surface area contributed by atoms with Crippen molar-refractivity contribution in [1.29, 1.82) is 0 Å². The Morgan fingerprint density at radius 1 is 1.14 bits per heavy atom. The van der Waals surface area contributed by atoms with Crippen molar-refractivity contribution >= 4 is 16.7 Å². The number of hydrogen-bond acceptors (Lipinski definition) is 1. The van der Waals surface area contributed by atoms with Crippen molar-refractivity contribution in [3.05, 3.63) is 48.0 Å². The normalized spacial score (nSPS) is 17.0. The molecule has 1 saturated carbocycles. The third-order valence-electron chi connectivity index (χ3n) is 4.62. The Kier molecular flexibility index (Phi) is 4.23. The lowest BCUT2D eigenvalue weighted by Crippen LogP contribution is -2.28. The average molecular weight is 281 g/mol. The van der Waals surface area contributed by atoms with E-state index in [2.05, 4.69) is 54.7 Å². The molecule has 21 heavy (non-hydrogen) atoms. The van der Waals surface area contributed by atoms with E-state index in [0.717, 1.165) is 0 Å². The first kappa shape index (κ1) is 14.1. The highest BCUT2D eigenvalue weighted by atomic mass is 16.1. The van der Waals surface area contributed by atoms with E-state index in [-0.39, 0.29) is 11.9 Å². The molecule has 0 aromatic heterocycles. The van der Waals surface area contributed by atoms with Crippen LogP contribution in [-0.4, -0.2) is 5.91 Å². The van der Waals surface area contributed by atoms with Gasteiger partial charge in [0, 0.05) is 6.42 Å². The molecule has 2 heteroatoms. The van der Waals surface area contributed by atoms with Gasteiger partial charge in [-0.15, -0.1) is 0 Å². The van der Waals surface area contributed by atoms with Crippen molar-refractivity contribution in [2.75, 3.05) is 0 Å². The van der Waals surface area contributed by atoms with E-state index >= 15 is 0 Å². The molecular weight excluding hydrogens is 258 g/mol. The molecule has 0 spiro atoms. The number of amides is 1. The average Bonchev–Trinajstić information content (AvgIpc) is 2.99. The van der Waals surface area contributed by atoms with E-state index < -0.39 is 0 Å². The molecule has 1 unspecified atom stereocenters. The van der Waals surface area contributed by atoms with Gasteiger partial charge in [-0.1, -0.05) is 55.3 Å².